The van der Waals surface area contributed by atoms with E-state index in [1.54, 1.807) is 0 Å². The van der Waals surface area contributed by atoms with E-state index in [1.165, 1.54) is 40.8 Å². The van der Waals surface area contributed by atoms with Crippen molar-refractivity contribution in [2.75, 3.05) is 39.4 Å². The fourth-order valence-electron chi connectivity index (χ4n) is 5.08. The summed E-state index contributed by atoms with van der Waals surface area (Å²) in [5.41, 5.74) is 7.27. The molecule has 0 radical (unpaired) electrons. The summed E-state index contributed by atoms with van der Waals surface area (Å²) in [6, 6.07) is 17.9. The maximum Gasteiger partial charge on any atom is 0.0972 e. The lowest BCUT2D eigenvalue weighted by Crippen LogP contribution is -2.48. The van der Waals surface area contributed by atoms with Gasteiger partial charge in [-0.05, 0) is 57.0 Å². The molecule has 5 nitrogen and oxygen atoms in total. The molecule has 5 heteroatoms. The van der Waals surface area contributed by atoms with Crippen LogP contribution >= 0.6 is 0 Å². The summed E-state index contributed by atoms with van der Waals surface area (Å²) in [7, 11) is 0. The molecular formula is C27H34N4O. The number of benzene rings is 2. The van der Waals surface area contributed by atoms with Gasteiger partial charge in [-0.25, -0.2) is 4.68 Å². The first-order valence-electron chi connectivity index (χ1n) is 11.9. The van der Waals surface area contributed by atoms with E-state index in [0.29, 0.717) is 6.04 Å². The maximum absolute atomic E-state index is 5.54. The van der Waals surface area contributed by atoms with E-state index in [4.69, 9.17) is 9.84 Å². The molecule has 2 fully saturated rings. The van der Waals surface area contributed by atoms with Crippen LogP contribution in [0, 0.1) is 13.8 Å². The Balaban J connectivity index is 1.37. The minimum Gasteiger partial charge on any atom is -0.379 e. The molecule has 2 aliphatic heterocycles. The standard InChI is InChI=1S/C27H34N4O/c1-21-8-9-22(2)26(18-21)31-20-24(27(28-31)23-6-4-3-5-7-23)19-29-12-10-25(11-13-29)30-14-16-32-17-15-30/h3-9,18,20,25H,10-17,19H2,1-2H3. The van der Waals surface area contributed by atoms with Crippen molar-refractivity contribution < 1.29 is 4.74 Å². The average molecular weight is 431 g/mol. The number of rotatable bonds is 5. The van der Waals surface area contributed by atoms with Gasteiger partial charge in [0, 0.05) is 43.0 Å². The molecule has 5 rings (SSSR count). The van der Waals surface area contributed by atoms with Crippen LogP contribution in [0.4, 0.5) is 0 Å². The Morgan fingerprint density at radius 1 is 0.938 bits per heavy atom. The van der Waals surface area contributed by atoms with Gasteiger partial charge in [-0.2, -0.15) is 5.10 Å². The molecule has 0 aliphatic carbocycles. The van der Waals surface area contributed by atoms with Crippen molar-refractivity contribution in [3.8, 4) is 16.9 Å². The van der Waals surface area contributed by atoms with Gasteiger partial charge in [-0.1, -0.05) is 42.5 Å². The van der Waals surface area contributed by atoms with Crippen LogP contribution < -0.4 is 0 Å². The minimum absolute atomic E-state index is 0.710. The van der Waals surface area contributed by atoms with Crippen LogP contribution in [-0.4, -0.2) is 65.0 Å². The number of hydrogen-bond donors (Lipinski definition) is 0. The van der Waals surface area contributed by atoms with Crippen molar-refractivity contribution in [1.29, 1.82) is 0 Å². The summed E-state index contributed by atoms with van der Waals surface area (Å²) in [5, 5.41) is 5.07. The number of likely N-dealkylation sites (tertiary alicyclic amines) is 1. The van der Waals surface area contributed by atoms with Gasteiger partial charge < -0.3 is 4.74 Å². The first-order valence-corrected chi connectivity index (χ1v) is 11.9. The SMILES string of the molecule is Cc1ccc(C)c(-n2cc(CN3CCC(N4CCOCC4)CC3)c(-c3ccccc3)n2)c1. The normalized spacial score (nSPS) is 18.8. The lowest BCUT2D eigenvalue weighted by atomic mass is 10.0. The second kappa shape index (κ2) is 9.57. The lowest BCUT2D eigenvalue weighted by Gasteiger charge is -2.40. The fraction of sp³-hybridized carbons (Fsp3) is 0.444. The second-order valence-electron chi connectivity index (χ2n) is 9.26. The summed E-state index contributed by atoms with van der Waals surface area (Å²) < 4.78 is 7.62. The van der Waals surface area contributed by atoms with Gasteiger partial charge in [0.2, 0.25) is 0 Å². The molecule has 0 bridgehead atoms. The number of nitrogens with zero attached hydrogens (tertiary/aromatic N) is 4. The Kier molecular flexibility index (Phi) is 6.39. The predicted octanol–water partition coefficient (Wildman–Crippen LogP) is 4.45. The number of piperidine rings is 1. The molecular weight excluding hydrogens is 396 g/mol. The Morgan fingerprint density at radius 3 is 2.44 bits per heavy atom. The van der Waals surface area contributed by atoms with Crippen LogP contribution in [-0.2, 0) is 11.3 Å². The molecule has 3 aromatic rings. The van der Waals surface area contributed by atoms with Crippen molar-refractivity contribution >= 4 is 0 Å². The molecule has 1 aromatic heterocycles. The second-order valence-corrected chi connectivity index (χ2v) is 9.26. The van der Waals surface area contributed by atoms with Gasteiger partial charge in [-0.3, -0.25) is 9.80 Å². The van der Waals surface area contributed by atoms with E-state index < -0.39 is 0 Å². The predicted molar refractivity (Wildman–Crippen MR) is 129 cm³/mol. The van der Waals surface area contributed by atoms with E-state index in [-0.39, 0.29) is 0 Å². The van der Waals surface area contributed by atoms with E-state index in [9.17, 15) is 0 Å². The zero-order chi connectivity index (χ0) is 21.9. The summed E-state index contributed by atoms with van der Waals surface area (Å²) in [6.07, 6.45) is 4.73. The van der Waals surface area contributed by atoms with Crippen molar-refractivity contribution in [1.82, 2.24) is 19.6 Å². The smallest absolute Gasteiger partial charge is 0.0972 e. The molecule has 2 aromatic carbocycles. The van der Waals surface area contributed by atoms with Crippen LogP contribution in [0.3, 0.4) is 0 Å². The van der Waals surface area contributed by atoms with E-state index >= 15 is 0 Å². The number of aryl methyl sites for hydroxylation is 2. The minimum atomic E-state index is 0.710. The highest BCUT2D eigenvalue weighted by molar-refractivity contribution is 5.63. The molecule has 0 N–H and O–H groups in total. The van der Waals surface area contributed by atoms with E-state index in [0.717, 1.165) is 51.6 Å². The van der Waals surface area contributed by atoms with Crippen LogP contribution in [0.25, 0.3) is 16.9 Å². The van der Waals surface area contributed by atoms with Crippen LogP contribution in [0.5, 0.6) is 0 Å². The summed E-state index contributed by atoms with van der Waals surface area (Å²) in [4.78, 5) is 5.24. The molecule has 0 spiro atoms. The van der Waals surface area contributed by atoms with Gasteiger partial charge >= 0.3 is 0 Å². The van der Waals surface area contributed by atoms with Gasteiger partial charge in [0.1, 0.15) is 0 Å². The Hall–Kier alpha value is -2.47. The number of aromatic nitrogens is 2. The van der Waals surface area contributed by atoms with Gasteiger partial charge in [0.05, 0.1) is 24.6 Å². The molecule has 0 atom stereocenters. The number of hydrogen-bond acceptors (Lipinski definition) is 4. The lowest BCUT2D eigenvalue weighted by molar-refractivity contribution is 0.000241. The molecule has 2 aliphatic rings. The number of ether oxygens (including phenoxy) is 1. The topological polar surface area (TPSA) is 33.5 Å². The zero-order valence-corrected chi connectivity index (χ0v) is 19.3. The zero-order valence-electron chi connectivity index (χ0n) is 19.3. The molecule has 32 heavy (non-hydrogen) atoms. The fourth-order valence-corrected chi connectivity index (χ4v) is 5.08. The maximum atomic E-state index is 5.54. The monoisotopic (exact) mass is 430 g/mol. The third-order valence-electron chi connectivity index (χ3n) is 6.96. The Morgan fingerprint density at radius 2 is 1.69 bits per heavy atom. The molecule has 0 amide bonds. The van der Waals surface area contributed by atoms with Gasteiger partial charge in [0.15, 0.2) is 0 Å². The molecule has 0 saturated carbocycles. The molecule has 3 heterocycles. The third-order valence-corrected chi connectivity index (χ3v) is 6.96. The first-order chi connectivity index (χ1) is 15.7. The highest BCUT2D eigenvalue weighted by atomic mass is 16.5. The average Bonchev–Trinajstić information content (AvgIpc) is 3.26. The largest absolute Gasteiger partial charge is 0.379 e. The van der Waals surface area contributed by atoms with Crippen LogP contribution in [0.15, 0.2) is 54.7 Å². The molecule has 0 unspecified atom stereocenters. The Bertz CT molecular complexity index is 1030. The van der Waals surface area contributed by atoms with Crippen molar-refractivity contribution in [2.45, 2.75) is 39.3 Å². The van der Waals surface area contributed by atoms with Gasteiger partial charge in [0.25, 0.3) is 0 Å². The molecule has 168 valence electrons. The molecule has 2 saturated heterocycles. The summed E-state index contributed by atoms with van der Waals surface area (Å²) in [6.45, 7) is 11.5. The van der Waals surface area contributed by atoms with Crippen LogP contribution in [0.1, 0.15) is 29.5 Å². The first kappa shape index (κ1) is 21.4. The highest BCUT2D eigenvalue weighted by Crippen LogP contribution is 2.27. The van der Waals surface area contributed by atoms with Crippen molar-refractivity contribution in [3.63, 3.8) is 0 Å². The van der Waals surface area contributed by atoms with Crippen LogP contribution in [0.2, 0.25) is 0 Å². The quantitative estimate of drug-likeness (QED) is 0.599. The highest BCUT2D eigenvalue weighted by Gasteiger charge is 2.26. The van der Waals surface area contributed by atoms with E-state index in [2.05, 4.69) is 83.1 Å². The number of morpholine rings is 1. The van der Waals surface area contributed by atoms with Gasteiger partial charge in [-0.15, -0.1) is 0 Å². The third kappa shape index (κ3) is 4.65. The van der Waals surface area contributed by atoms with Crippen molar-refractivity contribution in [2.24, 2.45) is 0 Å². The summed E-state index contributed by atoms with van der Waals surface area (Å²) in [5.74, 6) is 0. The summed E-state index contributed by atoms with van der Waals surface area (Å²) >= 11 is 0. The van der Waals surface area contributed by atoms with E-state index in [1.807, 2.05) is 0 Å². The Labute approximate surface area is 191 Å². The van der Waals surface area contributed by atoms with Crippen molar-refractivity contribution in [3.05, 3.63) is 71.4 Å².